The van der Waals surface area contributed by atoms with Crippen LogP contribution in [0.25, 0.3) is 0 Å². The summed E-state index contributed by atoms with van der Waals surface area (Å²) in [6, 6.07) is 0. The lowest BCUT2D eigenvalue weighted by molar-refractivity contribution is -0.137. The number of hydrogen-bond donors (Lipinski definition) is 3. The van der Waals surface area contributed by atoms with Crippen LogP contribution in [-0.2, 0) is 4.79 Å². The van der Waals surface area contributed by atoms with E-state index in [0.29, 0.717) is 12.8 Å². The van der Waals surface area contributed by atoms with Crippen LogP contribution in [0.5, 0.6) is 0 Å². The van der Waals surface area contributed by atoms with Crippen molar-refractivity contribution in [1.29, 1.82) is 0 Å². The maximum Gasteiger partial charge on any atom is 0.303 e. The zero-order chi connectivity index (χ0) is 16.6. The van der Waals surface area contributed by atoms with E-state index in [9.17, 15) is 15.0 Å². The van der Waals surface area contributed by atoms with Crippen molar-refractivity contribution in [3.05, 3.63) is 12.2 Å². The number of carbonyl (C=O) groups is 1. The van der Waals surface area contributed by atoms with Gasteiger partial charge in [-0.15, -0.1) is 0 Å². The van der Waals surface area contributed by atoms with Crippen LogP contribution in [0.15, 0.2) is 12.2 Å². The summed E-state index contributed by atoms with van der Waals surface area (Å²) in [5.41, 5.74) is 0. The lowest BCUT2D eigenvalue weighted by atomic mass is 10.0. The fourth-order valence-corrected chi connectivity index (χ4v) is 2.38. The molecule has 0 aromatic carbocycles. The molecule has 0 aliphatic carbocycles. The number of aliphatic hydroxyl groups is 2. The third-order valence-electron chi connectivity index (χ3n) is 3.85. The summed E-state index contributed by atoms with van der Waals surface area (Å²) in [6.45, 7) is 2.18. The first kappa shape index (κ1) is 21.1. The molecule has 2 unspecified atom stereocenters. The fourth-order valence-electron chi connectivity index (χ4n) is 2.38. The zero-order valence-electron chi connectivity index (χ0n) is 14.0. The van der Waals surface area contributed by atoms with E-state index in [1.807, 2.05) is 6.08 Å². The van der Waals surface area contributed by atoms with E-state index in [1.54, 1.807) is 0 Å². The van der Waals surface area contributed by atoms with E-state index in [4.69, 9.17) is 5.11 Å². The Hall–Kier alpha value is -0.870. The molecule has 2 atom stereocenters. The van der Waals surface area contributed by atoms with Gasteiger partial charge in [-0.3, -0.25) is 4.79 Å². The van der Waals surface area contributed by atoms with Crippen LogP contribution >= 0.6 is 0 Å². The molecule has 0 fully saturated rings. The Labute approximate surface area is 135 Å². The molecule has 0 radical (unpaired) electrons. The molecule has 0 saturated heterocycles. The highest BCUT2D eigenvalue weighted by atomic mass is 16.4. The van der Waals surface area contributed by atoms with Gasteiger partial charge in [0.05, 0.1) is 12.2 Å². The summed E-state index contributed by atoms with van der Waals surface area (Å²) in [5.74, 6) is -0.735. The first-order valence-corrected chi connectivity index (χ1v) is 8.80. The van der Waals surface area contributed by atoms with Gasteiger partial charge in [0.2, 0.25) is 0 Å². The number of aliphatic hydroxyl groups excluding tert-OH is 2. The zero-order valence-corrected chi connectivity index (χ0v) is 14.0. The minimum atomic E-state index is -0.735. The second-order valence-electron chi connectivity index (χ2n) is 6.04. The van der Waals surface area contributed by atoms with Gasteiger partial charge in [0.25, 0.3) is 0 Å². The van der Waals surface area contributed by atoms with Crippen molar-refractivity contribution >= 4 is 5.97 Å². The molecule has 0 bridgehead atoms. The molecule has 22 heavy (non-hydrogen) atoms. The molecule has 0 heterocycles. The number of rotatable bonds is 15. The van der Waals surface area contributed by atoms with Crippen molar-refractivity contribution in [2.45, 2.75) is 96.2 Å². The van der Waals surface area contributed by atoms with Crippen molar-refractivity contribution in [2.24, 2.45) is 0 Å². The molecule has 0 rings (SSSR count). The van der Waals surface area contributed by atoms with E-state index in [2.05, 4.69) is 13.0 Å². The van der Waals surface area contributed by atoms with E-state index >= 15 is 0 Å². The third kappa shape index (κ3) is 14.1. The predicted molar refractivity (Wildman–Crippen MR) is 89.9 cm³/mol. The lowest BCUT2D eigenvalue weighted by Crippen LogP contribution is -2.25. The van der Waals surface area contributed by atoms with Gasteiger partial charge in [-0.05, 0) is 32.1 Å². The van der Waals surface area contributed by atoms with Gasteiger partial charge in [-0.1, -0.05) is 57.6 Å². The van der Waals surface area contributed by atoms with Gasteiger partial charge in [0, 0.05) is 6.42 Å². The molecule has 0 spiro atoms. The van der Waals surface area contributed by atoms with Crippen molar-refractivity contribution in [1.82, 2.24) is 0 Å². The van der Waals surface area contributed by atoms with Gasteiger partial charge in [0.15, 0.2) is 0 Å². The van der Waals surface area contributed by atoms with E-state index in [0.717, 1.165) is 38.5 Å². The average Bonchev–Trinajstić information content (AvgIpc) is 2.49. The quantitative estimate of drug-likeness (QED) is 0.315. The average molecular weight is 314 g/mol. The van der Waals surface area contributed by atoms with Crippen LogP contribution in [0, 0.1) is 0 Å². The van der Waals surface area contributed by atoms with Crippen LogP contribution in [0.4, 0.5) is 0 Å². The van der Waals surface area contributed by atoms with Crippen LogP contribution in [0.1, 0.15) is 84.0 Å². The number of hydrogen-bond acceptors (Lipinski definition) is 3. The first-order valence-electron chi connectivity index (χ1n) is 8.80. The molecular weight excluding hydrogens is 280 g/mol. The Bertz CT molecular complexity index is 289. The number of allylic oxidation sites excluding steroid dienone is 1. The molecule has 130 valence electrons. The maximum absolute atomic E-state index is 10.3. The monoisotopic (exact) mass is 314 g/mol. The summed E-state index contributed by atoms with van der Waals surface area (Å²) in [4.78, 5) is 10.3. The molecule has 4 heteroatoms. The van der Waals surface area contributed by atoms with Crippen molar-refractivity contribution in [2.75, 3.05) is 0 Å². The van der Waals surface area contributed by atoms with Gasteiger partial charge >= 0.3 is 5.97 Å². The largest absolute Gasteiger partial charge is 0.481 e. The van der Waals surface area contributed by atoms with Crippen molar-refractivity contribution in [3.63, 3.8) is 0 Å². The minimum absolute atomic E-state index is 0.242. The second kappa shape index (κ2) is 15.0. The van der Waals surface area contributed by atoms with E-state index < -0.39 is 18.2 Å². The second-order valence-corrected chi connectivity index (χ2v) is 6.04. The normalized spacial score (nSPS) is 14.3. The number of unbranched alkanes of at least 4 members (excludes halogenated alkanes) is 7. The molecular formula is C18H34O4. The minimum Gasteiger partial charge on any atom is -0.481 e. The van der Waals surface area contributed by atoms with Crippen LogP contribution in [0.2, 0.25) is 0 Å². The third-order valence-corrected chi connectivity index (χ3v) is 3.85. The highest BCUT2D eigenvalue weighted by Gasteiger charge is 2.13. The molecule has 0 aromatic heterocycles. The molecule has 0 aliphatic heterocycles. The maximum atomic E-state index is 10.3. The number of carboxylic acid groups (broad SMARTS) is 1. The highest BCUT2D eigenvalue weighted by Crippen LogP contribution is 2.12. The lowest BCUT2D eigenvalue weighted by Gasteiger charge is -2.16. The standard InChI is InChI=1S/C18H34O4/c1-2-3-4-5-7-10-13-16(19)17(20)14-11-8-6-9-12-15-18(21)22/h7,10,16-17,19-20H,2-6,8-9,11-15H2,1H3,(H,21,22)/b10-7-. The summed E-state index contributed by atoms with van der Waals surface area (Å²) >= 11 is 0. The Morgan fingerprint density at radius 3 is 2.27 bits per heavy atom. The van der Waals surface area contributed by atoms with E-state index in [1.165, 1.54) is 19.3 Å². The van der Waals surface area contributed by atoms with Crippen LogP contribution in [0.3, 0.4) is 0 Å². The topological polar surface area (TPSA) is 77.8 Å². The smallest absolute Gasteiger partial charge is 0.303 e. The molecule has 4 nitrogen and oxygen atoms in total. The van der Waals surface area contributed by atoms with Crippen molar-refractivity contribution < 1.29 is 20.1 Å². The summed E-state index contributed by atoms with van der Waals surface area (Å²) in [5, 5.41) is 28.2. The van der Waals surface area contributed by atoms with Gasteiger partial charge in [-0.25, -0.2) is 0 Å². The van der Waals surface area contributed by atoms with Gasteiger partial charge < -0.3 is 15.3 Å². The van der Waals surface area contributed by atoms with Crippen LogP contribution in [-0.4, -0.2) is 33.5 Å². The Balaban J connectivity index is 3.49. The molecule has 0 aliphatic rings. The summed E-state index contributed by atoms with van der Waals surface area (Å²) in [6.07, 6.45) is 13.3. The first-order chi connectivity index (χ1) is 10.6. The van der Waals surface area contributed by atoms with Crippen molar-refractivity contribution in [3.8, 4) is 0 Å². The molecule has 0 saturated carbocycles. The molecule has 3 N–H and O–H groups in total. The highest BCUT2D eigenvalue weighted by molar-refractivity contribution is 5.66. The summed E-state index contributed by atoms with van der Waals surface area (Å²) < 4.78 is 0. The SMILES string of the molecule is CCCCC/C=C\CC(O)C(O)CCCCCCCC(=O)O. The fraction of sp³-hybridized carbons (Fsp3) is 0.833. The van der Waals surface area contributed by atoms with Crippen LogP contribution < -0.4 is 0 Å². The Kier molecular flexibility index (Phi) is 14.4. The number of carboxylic acids is 1. The summed E-state index contributed by atoms with van der Waals surface area (Å²) in [7, 11) is 0. The molecule has 0 amide bonds. The van der Waals surface area contributed by atoms with E-state index in [-0.39, 0.29) is 6.42 Å². The Morgan fingerprint density at radius 1 is 0.909 bits per heavy atom. The van der Waals surface area contributed by atoms with Gasteiger partial charge in [-0.2, -0.15) is 0 Å². The number of aliphatic carboxylic acids is 1. The predicted octanol–water partition coefficient (Wildman–Crippen LogP) is 4.05. The van der Waals surface area contributed by atoms with Gasteiger partial charge in [0.1, 0.15) is 0 Å². The Morgan fingerprint density at radius 2 is 1.59 bits per heavy atom. The molecule has 0 aromatic rings.